The van der Waals surface area contributed by atoms with E-state index in [4.69, 9.17) is 0 Å². The Morgan fingerprint density at radius 3 is 2.59 bits per heavy atom. The lowest BCUT2D eigenvalue weighted by Gasteiger charge is -2.11. The summed E-state index contributed by atoms with van der Waals surface area (Å²) in [5.41, 5.74) is 2.93. The maximum Gasteiger partial charge on any atom is 0.274 e. The zero-order valence-corrected chi connectivity index (χ0v) is 13.5. The van der Waals surface area contributed by atoms with Crippen molar-refractivity contribution >= 4 is 17.5 Å². The minimum Gasteiger partial charge on any atom is -0.354 e. The molecule has 0 aliphatic carbocycles. The first-order valence-electron chi connectivity index (χ1n) is 7.42. The molecule has 0 unspecified atom stereocenters. The number of benzene rings is 1. The fourth-order valence-corrected chi connectivity index (χ4v) is 1.96. The number of nitrogens with zero attached hydrogens (tertiary/aromatic N) is 2. The standard InChI is InChI=1S/C17H22N4O/c1-11(2)10-18-17-19-13(4)9-15(21-17)16(22)20-14-8-6-5-7-12(14)3/h5-9,11H,10H2,1-4H3,(H,20,22)(H,18,19,21). The Bertz CT molecular complexity index is 667. The number of rotatable bonds is 5. The van der Waals surface area contributed by atoms with Crippen molar-refractivity contribution in [2.75, 3.05) is 17.2 Å². The number of aryl methyl sites for hydroxylation is 2. The van der Waals surface area contributed by atoms with Crippen LogP contribution in [0.4, 0.5) is 11.6 Å². The number of carbonyl (C=O) groups is 1. The molecule has 1 amide bonds. The Labute approximate surface area is 131 Å². The van der Waals surface area contributed by atoms with E-state index >= 15 is 0 Å². The summed E-state index contributed by atoms with van der Waals surface area (Å²) in [7, 11) is 0. The lowest BCUT2D eigenvalue weighted by atomic mass is 10.2. The van der Waals surface area contributed by atoms with Crippen LogP contribution in [0.5, 0.6) is 0 Å². The molecule has 1 aromatic carbocycles. The Balaban J connectivity index is 2.17. The zero-order valence-electron chi connectivity index (χ0n) is 13.5. The van der Waals surface area contributed by atoms with Gasteiger partial charge in [-0.15, -0.1) is 0 Å². The van der Waals surface area contributed by atoms with Crippen molar-refractivity contribution in [3.63, 3.8) is 0 Å². The first-order valence-corrected chi connectivity index (χ1v) is 7.42. The van der Waals surface area contributed by atoms with E-state index < -0.39 is 0 Å². The second-order valence-corrected chi connectivity index (χ2v) is 5.76. The molecule has 0 bridgehead atoms. The van der Waals surface area contributed by atoms with Crippen LogP contribution in [0.3, 0.4) is 0 Å². The van der Waals surface area contributed by atoms with Crippen molar-refractivity contribution in [2.45, 2.75) is 27.7 Å². The van der Waals surface area contributed by atoms with Crippen LogP contribution in [0.1, 0.15) is 35.6 Å². The molecule has 5 heteroatoms. The van der Waals surface area contributed by atoms with Gasteiger partial charge in [-0.05, 0) is 37.5 Å². The van der Waals surface area contributed by atoms with E-state index in [0.29, 0.717) is 17.6 Å². The van der Waals surface area contributed by atoms with Crippen molar-refractivity contribution in [3.8, 4) is 0 Å². The van der Waals surface area contributed by atoms with Crippen LogP contribution in [0, 0.1) is 19.8 Å². The minimum atomic E-state index is -0.229. The van der Waals surface area contributed by atoms with Gasteiger partial charge in [-0.2, -0.15) is 0 Å². The molecular formula is C17H22N4O. The molecule has 0 aliphatic heterocycles. The van der Waals surface area contributed by atoms with Gasteiger partial charge >= 0.3 is 0 Å². The van der Waals surface area contributed by atoms with Gasteiger partial charge in [0.15, 0.2) is 0 Å². The largest absolute Gasteiger partial charge is 0.354 e. The number of anilines is 2. The zero-order chi connectivity index (χ0) is 16.1. The number of nitrogens with one attached hydrogen (secondary N) is 2. The lowest BCUT2D eigenvalue weighted by Crippen LogP contribution is -2.17. The van der Waals surface area contributed by atoms with E-state index in [2.05, 4.69) is 34.4 Å². The predicted octanol–water partition coefficient (Wildman–Crippen LogP) is 3.41. The molecule has 0 radical (unpaired) electrons. The van der Waals surface area contributed by atoms with Crippen LogP contribution >= 0.6 is 0 Å². The fraction of sp³-hybridized carbons (Fsp3) is 0.353. The highest BCUT2D eigenvalue weighted by atomic mass is 16.1. The molecule has 2 rings (SSSR count). The molecule has 0 atom stereocenters. The van der Waals surface area contributed by atoms with Gasteiger partial charge in [0.25, 0.3) is 5.91 Å². The molecule has 2 aromatic rings. The Hall–Kier alpha value is -2.43. The number of amides is 1. The average molecular weight is 298 g/mol. The van der Waals surface area contributed by atoms with Crippen LogP contribution < -0.4 is 10.6 Å². The van der Waals surface area contributed by atoms with Crippen molar-refractivity contribution in [1.82, 2.24) is 9.97 Å². The van der Waals surface area contributed by atoms with Gasteiger partial charge in [-0.3, -0.25) is 4.79 Å². The quantitative estimate of drug-likeness (QED) is 0.887. The van der Waals surface area contributed by atoms with Crippen LogP contribution in [-0.4, -0.2) is 22.4 Å². The molecule has 0 aliphatic rings. The highest BCUT2D eigenvalue weighted by Crippen LogP contribution is 2.15. The molecule has 5 nitrogen and oxygen atoms in total. The van der Waals surface area contributed by atoms with Gasteiger partial charge in [0.1, 0.15) is 5.69 Å². The second-order valence-electron chi connectivity index (χ2n) is 5.76. The summed E-state index contributed by atoms with van der Waals surface area (Å²) in [6.45, 7) is 8.79. The third-order valence-corrected chi connectivity index (χ3v) is 3.15. The lowest BCUT2D eigenvalue weighted by molar-refractivity contribution is 0.102. The molecule has 22 heavy (non-hydrogen) atoms. The van der Waals surface area contributed by atoms with Crippen LogP contribution in [-0.2, 0) is 0 Å². The van der Waals surface area contributed by atoms with E-state index in [9.17, 15) is 4.79 Å². The summed E-state index contributed by atoms with van der Waals surface area (Å²) >= 11 is 0. The average Bonchev–Trinajstić information content (AvgIpc) is 2.47. The van der Waals surface area contributed by atoms with Gasteiger partial charge in [-0.25, -0.2) is 9.97 Å². The maximum atomic E-state index is 12.4. The third kappa shape index (κ3) is 4.28. The van der Waals surface area contributed by atoms with Crippen molar-refractivity contribution in [1.29, 1.82) is 0 Å². The highest BCUT2D eigenvalue weighted by Gasteiger charge is 2.12. The van der Waals surface area contributed by atoms with E-state index in [1.165, 1.54) is 0 Å². The second kappa shape index (κ2) is 7.02. The van der Waals surface area contributed by atoms with Crippen LogP contribution in [0.2, 0.25) is 0 Å². The smallest absolute Gasteiger partial charge is 0.274 e. The molecule has 0 fully saturated rings. The molecule has 0 saturated carbocycles. The van der Waals surface area contributed by atoms with E-state index in [1.54, 1.807) is 6.07 Å². The normalized spacial score (nSPS) is 10.6. The number of hydrogen-bond acceptors (Lipinski definition) is 4. The summed E-state index contributed by atoms with van der Waals surface area (Å²) in [5, 5.41) is 6.04. The molecule has 116 valence electrons. The van der Waals surface area contributed by atoms with Gasteiger partial charge in [-0.1, -0.05) is 32.0 Å². The SMILES string of the molecule is Cc1cc(C(=O)Nc2ccccc2C)nc(NCC(C)C)n1. The van der Waals surface area contributed by atoms with Gasteiger partial charge in [0.05, 0.1) is 0 Å². The third-order valence-electron chi connectivity index (χ3n) is 3.15. The first-order chi connectivity index (χ1) is 10.5. The number of para-hydroxylation sites is 1. The minimum absolute atomic E-state index is 0.229. The fourth-order valence-electron chi connectivity index (χ4n) is 1.96. The van der Waals surface area contributed by atoms with E-state index in [-0.39, 0.29) is 5.91 Å². The molecular weight excluding hydrogens is 276 g/mol. The summed E-state index contributed by atoms with van der Waals surface area (Å²) in [6, 6.07) is 9.35. The molecule has 0 saturated heterocycles. The maximum absolute atomic E-state index is 12.4. The van der Waals surface area contributed by atoms with Gasteiger partial charge < -0.3 is 10.6 Å². The van der Waals surface area contributed by atoms with Crippen LogP contribution in [0.25, 0.3) is 0 Å². The number of carbonyl (C=O) groups excluding carboxylic acids is 1. The summed E-state index contributed by atoms with van der Waals surface area (Å²) in [5.74, 6) is 0.740. The molecule has 0 spiro atoms. The van der Waals surface area contributed by atoms with Gasteiger partial charge in [0, 0.05) is 17.9 Å². The Kier molecular flexibility index (Phi) is 5.09. The molecule has 1 aromatic heterocycles. The summed E-state index contributed by atoms with van der Waals surface area (Å²) in [4.78, 5) is 21.0. The Morgan fingerprint density at radius 2 is 1.91 bits per heavy atom. The van der Waals surface area contributed by atoms with Crippen molar-refractivity contribution in [3.05, 3.63) is 47.3 Å². The highest BCUT2D eigenvalue weighted by molar-refractivity contribution is 6.03. The number of aromatic nitrogens is 2. The summed E-state index contributed by atoms with van der Waals surface area (Å²) in [6.07, 6.45) is 0. The van der Waals surface area contributed by atoms with Gasteiger partial charge in [0.2, 0.25) is 5.95 Å². The first kappa shape index (κ1) is 15.9. The molecule has 1 heterocycles. The van der Waals surface area contributed by atoms with Crippen molar-refractivity contribution < 1.29 is 4.79 Å². The summed E-state index contributed by atoms with van der Waals surface area (Å²) < 4.78 is 0. The van der Waals surface area contributed by atoms with Crippen molar-refractivity contribution in [2.24, 2.45) is 5.92 Å². The monoisotopic (exact) mass is 298 g/mol. The van der Waals surface area contributed by atoms with Crippen LogP contribution in [0.15, 0.2) is 30.3 Å². The Morgan fingerprint density at radius 1 is 1.18 bits per heavy atom. The molecule has 2 N–H and O–H groups in total. The van der Waals surface area contributed by atoms with E-state index in [1.807, 2.05) is 38.1 Å². The predicted molar refractivity (Wildman–Crippen MR) is 89.2 cm³/mol. The topological polar surface area (TPSA) is 66.9 Å². The van der Waals surface area contributed by atoms with E-state index in [0.717, 1.165) is 23.5 Å². The number of hydrogen-bond donors (Lipinski definition) is 2.